The predicted octanol–water partition coefficient (Wildman–Crippen LogP) is 5.67. The number of hydrogen-bond acceptors (Lipinski definition) is 6. The summed E-state index contributed by atoms with van der Waals surface area (Å²) in [6.45, 7) is 10.5. The molecule has 8 nitrogen and oxygen atoms in total. The Balaban J connectivity index is 1.40. The van der Waals surface area contributed by atoms with Gasteiger partial charge in [0.2, 0.25) is 0 Å². The van der Waals surface area contributed by atoms with Crippen LogP contribution in [0, 0.1) is 33.6 Å². The van der Waals surface area contributed by atoms with E-state index >= 15 is 0 Å². The van der Waals surface area contributed by atoms with Crippen molar-refractivity contribution in [1.29, 1.82) is 0 Å². The highest BCUT2D eigenvalue weighted by Crippen LogP contribution is 2.55. The standard InChI is InChI=1S/C33H41N3O5/c1-18-16-19(2)34-31(37)25(18)17-36-15-14-24-27(32(36)38)21(4)29-30(28(24)26-13-8-20(3)39-26)41-33(5,40-29)22-9-11-23(12-10-22)35(6)7/h8,13,16,22-23H,9-12,14-15,17H2,1-7H3,(H,34,37)/t22-,23-,33-/m0/s1. The van der Waals surface area contributed by atoms with Crippen LogP contribution in [0.2, 0.25) is 0 Å². The number of H-pyrrole nitrogens is 1. The van der Waals surface area contributed by atoms with E-state index in [0.717, 1.165) is 59.4 Å². The van der Waals surface area contributed by atoms with Gasteiger partial charge in [-0.1, -0.05) is 0 Å². The third-order valence-corrected chi connectivity index (χ3v) is 9.49. The smallest absolute Gasteiger partial charge is 0.254 e. The van der Waals surface area contributed by atoms with Gasteiger partial charge in [-0.3, -0.25) is 9.59 Å². The second-order valence-electron chi connectivity index (χ2n) is 12.5. The van der Waals surface area contributed by atoms with E-state index in [-0.39, 0.29) is 23.9 Å². The second-order valence-corrected chi connectivity index (χ2v) is 12.5. The summed E-state index contributed by atoms with van der Waals surface area (Å²) in [6, 6.07) is 6.41. The summed E-state index contributed by atoms with van der Waals surface area (Å²) in [5.74, 6) is 2.11. The Labute approximate surface area is 241 Å². The molecule has 6 rings (SSSR count). The minimum atomic E-state index is -0.820. The first kappa shape index (κ1) is 27.6. The van der Waals surface area contributed by atoms with Gasteiger partial charge in [0.1, 0.15) is 11.5 Å². The maximum Gasteiger partial charge on any atom is 0.254 e. The molecular formula is C33H41N3O5. The van der Waals surface area contributed by atoms with Crippen molar-refractivity contribution < 1.29 is 18.7 Å². The summed E-state index contributed by atoms with van der Waals surface area (Å²) in [5.41, 5.74) is 5.34. The number of aryl methyl sites for hydroxylation is 3. The Hall–Kier alpha value is -3.52. The summed E-state index contributed by atoms with van der Waals surface area (Å²) < 4.78 is 19.7. The van der Waals surface area contributed by atoms with Crippen LogP contribution in [0.4, 0.5) is 0 Å². The average molecular weight is 560 g/mol. The first-order valence-corrected chi connectivity index (χ1v) is 14.8. The number of fused-ring (bicyclic) bond motifs is 2. The summed E-state index contributed by atoms with van der Waals surface area (Å²) in [6.07, 6.45) is 4.85. The third kappa shape index (κ3) is 4.66. The molecule has 0 unspecified atom stereocenters. The fourth-order valence-corrected chi connectivity index (χ4v) is 7.11. The number of rotatable bonds is 5. The summed E-state index contributed by atoms with van der Waals surface area (Å²) >= 11 is 0. The Morgan fingerprint density at radius 1 is 1.00 bits per heavy atom. The molecule has 3 aromatic rings. The molecule has 2 aliphatic heterocycles. The van der Waals surface area contributed by atoms with Crippen LogP contribution >= 0.6 is 0 Å². The molecule has 0 radical (unpaired) electrons. The molecule has 41 heavy (non-hydrogen) atoms. The van der Waals surface area contributed by atoms with Gasteiger partial charge in [-0.2, -0.15) is 0 Å². The highest BCUT2D eigenvalue weighted by molar-refractivity contribution is 6.02. The van der Waals surface area contributed by atoms with Crippen LogP contribution in [0.25, 0.3) is 11.3 Å². The molecule has 2 aromatic heterocycles. The number of furan rings is 1. The Morgan fingerprint density at radius 2 is 1.71 bits per heavy atom. The van der Waals surface area contributed by atoms with Crippen molar-refractivity contribution in [2.45, 2.75) is 85.1 Å². The molecule has 0 bridgehead atoms. The summed E-state index contributed by atoms with van der Waals surface area (Å²) in [5, 5.41) is 0. The monoisotopic (exact) mass is 559 g/mol. The molecule has 8 heteroatoms. The van der Waals surface area contributed by atoms with Crippen LogP contribution in [0.5, 0.6) is 11.5 Å². The molecule has 1 N–H and O–H groups in total. The van der Waals surface area contributed by atoms with Gasteiger partial charge in [0.15, 0.2) is 11.5 Å². The molecule has 0 spiro atoms. The highest BCUT2D eigenvalue weighted by Gasteiger charge is 2.49. The minimum Gasteiger partial charge on any atom is -0.461 e. The zero-order chi connectivity index (χ0) is 29.2. The van der Waals surface area contributed by atoms with E-state index < -0.39 is 5.79 Å². The first-order chi connectivity index (χ1) is 19.5. The van der Waals surface area contributed by atoms with E-state index in [1.807, 2.05) is 52.8 Å². The van der Waals surface area contributed by atoms with Crippen LogP contribution in [0.1, 0.15) is 76.7 Å². The lowest BCUT2D eigenvalue weighted by molar-refractivity contribution is -0.123. The molecule has 1 aromatic carbocycles. The van der Waals surface area contributed by atoms with Crippen molar-refractivity contribution in [2.24, 2.45) is 5.92 Å². The molecular weight excluding hydrogens is 518 g/mol. The number of aromatic amines is 1. The van der Waals surface area contributed by atoms with E-state index in [4.69, 9.17) is 13.9 Å². The molecule has 1 amide bonds. The normalized spacial score (nSPS) is 23.8. The van der Waals surface area contributed by atoms with Gasteiger partial charge in [-0.05, 0) is 103 Å². The number of ether oxygens (including phenoxy) is 2. The van der Waals surface area contributed by atoms with Crippen molar-refractivity contribution in [3.05, 3.63) is 67.8 Å². The largest absolute Gasteiger partial charge is 0.461 e. The van der Waals surface area contributed by atoms with Gasteiger partial charge in [-0.15, -0.1) is 0 Å². The van der Waals surface area contributed by atoms with Gasteiger partial charge in [0.05, 0.1) is 17.7 Å². The molecule has 1 aliphatic carbocycles. The Kier molecular flexibility index (Phi) is 6.80. The highest BCUT2D eigenvalue weighted by atomic mass is 16.7. The van der Waals surface area contributed by atoms with Gasteiger partial charge in [0, 0.05) is 42.2 Å². The maximum absolute atomic E-state index is 14.2. The lowest BCUT2D eigenvalue weighted by Crippen LogP contribution is -2.46. The first-order valence-electron chi connectivity index (χ1n) is 14.8. The van der Waals surface area contributed by atoms with E-state index in [1.165, 1.54) is 0 Å². The van der Waals surface area contributed by atoms with Crippen molar-refractivity contribution in [3.8, 4) is 22.8 Å². The molecule has 0 saturated heterocycles. The number of carbonyl (C=O) groups is 1. The summed E-state index contributed by atoms with van der Waals surface area (Å²) in [4.78, 5) is 33.9. The number of nitrogens with zero attached hydrogens (tertiary/aromatic N) is 2. The van der Waals surface area contributed by atoms with Crippen molar-refractivity contribution in [3.63, 3.8) is 0 Å². The molecule has 4 heterocycles. The number of amides is 1. The van der Waals surface area contributed by atoms with E-state index in [9.17, 15) is 9.59 Å². The minimum absolute atomic E-state index is 0.0980. The lowest BCUT2D eigenvalue weighted by atomic mass is 9.81. The maximum atomic E-state index is 14.2. The van der Waals surface area contributed by atoms with Crippen LogP contribution in [-0.2, 0) is 13.0 Å². The number of carbonyl (C=O) groups excluding carboxylic acids is 1. The van der Waals surface area contributed by atoms with Crippen molar-refractivity contribution in [2.75, 3.05) is 20.6 Å². The van der Waals surface area contributed by atoms with Crippen LogP contribution in [-0.4, -0.2) is 53.2 Å². The topological polar surface area (TPSA) is 88.0 Å². The lowest BCUT2D eigenvalue weighted by Gasteiger charge is -2.39. The van der Waals surface area contributed by atoms with Crippen molar-refractivity contribution >= 4 is 5.91 Å². The van der Waals surface area contributed by atoms with E-state index in [1.54, 1.807) is 4.90 Å². The number of pyridine rings is 1. The third-order valence-electron chi connectivity index (χ3n) is 9.49. The molecule has 1 atom stereocenters. The number of nitrogens with one attached hydrogen (secondary N) is 1. The zero-order valence-corrected chi connectivity index (χ0v) is 25.3. The molecule has 1 fully saturated rings. The molecule has 218 valence electrons. The molecule has 1 saturated carbocycles. The van der Waals surface area contributed by atoms with Crippen LogP contribution in [0.15, 0.2) is 27.4 Å². The van der Waals surface area contributed by atoms with Crippen LogP contribution in [0.3, 0.4) is 0 Å². The van der Waals surface area contributed by atoms with Crippen molar-refractivity contribution in [1.82, 2.24) is 14.8 Å². The van der Waals surface area contributed by atoms with Gasteiger partial charge < -0.3 is 28.7 Å². The number of aromatic nitrogens is 1. The van der Waals surface area contributed by atoms with Gasteiger partial charge in [-0.25, -0.2) is 0 Å². The van der Waals surface area contributed by atoms with Crippen LogP contribution < -0.4 is 15.0 Å². The van der Waals surface area contributed by atoms with Gasteiger partial charge >= 0.3 is 0 Å². The second kappa shape index (κ2) is 10.1. The van der Waals surface area contributed by atoms with E-state index in [0.29, 0.717) is 47.4 Å². The Morgan fingerprint density at radius 3 is 2.34 bits per heavy atom. The Bertz CT molecular complexity index is 1580. The number of hydrogen-bond donors (Lipinski definition) is 1. The fourth-order valence-electron chi connectivity index (χ4n) is 7.11. The summed E-state index contributed by atoms with van der Waals surface area (Å²) in [7, 11) is 4.29. The average Bonchev–Trinajstić information content (AvgIpc) is 3.51. The number of benzene rings is 1. The molecule has 3 aliphatic rings. The zero-order valence-electron chi connectivity index (χ0n) is 25.3. The fraction of sp³-hybridized carbons (Fsp3) is 0.515. The quantitative estimate of drug-likeness (QED) is 0.433. The van der Waals surface area contributed by atoms with E-state index in [2.05, 4.69) is 24.0 Å². The van der Waals surface area contributed by atoms with Gasteiger partial charge in [0.25, 0.3) is 17.3 Å². The predicted molar refractivity (Wildman–Crippen MR) is 158 cm³/mol. The SMILES string of the molecule is Cc1cc(C)c(CN2CCc3c(c(C)c4c(c3-c3ccc(C)o3)O[C@@](C)([C@H]3CC[C@H](N(C)C)CC3)O4)C2=O)c(=O)[nH]1.